The van der Waals surface area contributed by atoms with Gasteiger partial charge in [-0.25, -0.2) is 0 Å². The highest BCUT2D eigenvalue weighted by molar-refractivity contribution is 6.09. The Morgan fingerprint density at radius 1 is 1.20 bits per heavy atom. The van der Waals surface area contributed by atoms with E-state index in [1.165, 1.54) is 0 Å². The van der Waals surface area contributed by atoms with Crippen LogP contribution in [-0.4, -0.2) is 16.9 Å². The maximum Gasteiger partial charge on any atom is 0.238 e. The van der Waals surface area contributed by atoms with Crippen LogP contribution in [0, 0.1) is 11.3 Å². The van der Waals surface area contributed by atoms with E-state index in [9.17, 15) is 14.7 Å². The van der Waals surface area contributed by atoms with Crippen LogP contribution in [0.3, 0.4) is 0 Å². The molecule has 0 saturated carbocycles. The van der Waals surface area contributed by atoms with Crippen molar-refractivity contribution < 1.29 is 14.7 Å². The predicted molar refractivity (Wildman–Crippen MR) is 73.4 cm³/mol. The standard InChI is InChI=1S/C16H15NO3/c18-10-12-5-3-4-11(8-12)9-16-7-2-1-6-13(16)14(19)17-15(16)20/h1-8,13,18H,9-10H2,(H,17,19,20). The van der Waals surface area contributed by atoms with Gasteiger partial charge in [-0.1, -0.05) is 48.6 Å². The minimum absolute atomic E-state index is 0.0366. The Morgan fingerprint density at radius 3 is 2.80 bits per heavy atom. The van der Waals surface area contributed by atoms with Crippen LogP contribution in [0.1, 0.15) is 11.1 Å². The number of aliphatic hydroxyl groups excluding tert-OH is 1. The molecule has 0 spiro atoms. The molecular weight excluding hydrogens is 254 g/mol. The van der Waals surface area contributed by atoms with Crippen molar-refractivity contribution in [1.82, 2.24) is 5.32 Å². The summed E-state index contributed by atoms with van der Waals surface area (Å²) < 4.78 is 0. The number of benzene rings is 1. The Labute approximate surface area is 116 Å². The molecule has 1 aliphatic carbocycles. The van der Waals surface area contributed by atoms with E-state index in [1.54, 1.807) is 12.2 Å². The highest BCUT2D eigenvalue weighted by Gasteiger charge is 2.52. The zero-order valence-electron chi connectivity index (χ0n) is 10.9. The first kappa shape index (κ1) is 12.8. The number of imide groups is 1. The third kappa shape index (κ3) is 1.89. The molecule has 102 valence electrons. The quantitative estimate of drug-likeness (QED) is 0.808. The summed E-state index contributed by atoms with van der Waals surface area (Å²) in [6.45, 7) is -0.0366. The van der Waals surface area contributed by atoms with Crippen LogP contribution in [-0.2, 0) is 22.6 Å². The Morgan fingerprint density at radius 2 is 2.00 bits per heavy atom. The van der Waals surface area contributed by atoms with Crippen LogP contribution in [0.25, 0.3) is 0 Å². The van der Waals surface area contributed by atoms with Crippen molar-refractivity contribution in [2.24, 2.45) is 11.3 Å². The van der Waals surface area contributed by atoms with Gasteiger partial charge in [-0.3, -0.25) is 14.9 Å². The van der Waals surface area contributed by atoms with Gasteiger partial charge in [0.2, 0.25) is 11.8 Å². The van der Waals surface area contributed by atoms with E-state index in [-0.39, 0.29) is 18.4 Å². The van der Waals surface area contributed by atoms with Crippen molar-refractivity contribution in [1.29, 1.82) is 0 Å². The zero-order chi connectivity index (χ0) is 14.2. The Kier molecular flexibility index (Phi) is 3.03. The van der Waals surface area contributed by atoms with E-state index in [0.717, 1.165) is 11.1 Å². The van der Waals surface area contributed by atoms with Crippen molar-refractivity contribution in [3.8, 4) is 0 Å². The lowest BCUT2D eigenvalue weighted by atomic mass is 9.70. The SMILES string of the molecule is O=C1NC(=O)C2(Cc3cccc(CO)c3)C=CC=CC12. The molecule has 1 fully saturated rings. The third-order valence-electron chi connectivity index (χ3n) is 3.98. The summed E-state index contributed by atoms with van der Waals surface area (Å²) in [4.78, 5) is 24.1. The second-order valence-electron chi connectivity index (χ2n) is 5.24. The molecule has 2 amide bonds. The summed E-state index contributed by atoms with van der Waals surface area (Å²) in [6.07, 6.45) is 7.64. The highest BCUT2D eigenvalue weighted by Crippen LogP contribution is 2.41. The van der Waals surface area contributed by atoms with E-state index < -0.39 is 11.3 Å². The van der Waals surface area contributed by atoms with Crippen molar-refractivity contribution in [2.45, 2.75) is 13.0 Å². The molecule has 4 nitrogen and oxygen atoms in total. The fourth-order valence-electron chi connectivity index (χ4n) is 2.95. The van der Waals surface area contributed by atoms with Gasteiger partial charge < -0.3 is 5.11 Å². The Hall–Kier alpha value is -2.20. The summed E-state index contributed by atoms with van der Waals surface area (Å²) in [7, 11) is 0. The van der Waals surface area contributed by atoms with Crippen LogP contribution in [0.5, 0.6) is 0 Å². The molecule has 1 heterocycles. The van der Waals surface area contributed by atoms with E-state index in [2.05, 4.69) is 5.32 Å². The average molecular weight is 269 g/mol. The van der Waals surface area contributed by atoms with Crippen molar-refractivity contribution in [3.63, 3.8) is 0 Å². The van der Waals surface area contributed by atoms with Gasteiger partial charge in [-0.2, -0.15) is 0 Å². The van der Waals surface area contributed by atoms with Crippen LogP contribution in [0.15, 0.2) is 48.6 Å². The highest BCUT2D eigenvalue weighted by atomic mass is 16.3. The zero-order valence-corrected chi connectivity index (χ0v) is 10.9. The summed E-state index contributed by atoms with van der Waals surface area (Å²) in [5, 5.41) is 11.6. The van der Waals surface area contributed by atoms with Gasteiger partial charge in [0.05, 0.1) is 17.9 Å². The largest absolute Gasteiger partial charge is 0.392 e. The van der Waals surface area contributed by atoms with Crippen molar-refractivity contribution in [3.05, 3.63) is 59.7 Å². The van der Waals surface area contributed by atoms with E-state index in [4.69, 9.17) is 0 Å². The maximum atomic E-state index is 12.2. The molecule has 1 aromatic rings. The number of amides is 2. The lowest BCUT2D eigenvalue weighted by Gasteiger charge is -2.28. The second-order valence-corrected chi connectivity index (χ2v) is 5.24. The molecule has 2 aliphatic rings. The van der Waals surface area contributed by atoms with Gasteiger partial charge in [0, 0.05) is 0 Å². The molecule has 0 bridgehead atoms. The summed E-state index contributed by atoms with van der Waals surface area (Å²) in [5.74, 6) is -0.936. The van der Waals surface area contributed by atoms with Crippen molar-refractivity contribution >= 4 is 11.8 Å². The van der Waals surface area contributed by atoms with Crippen molar-refractivity contribution in [2.75, 3.05) is 0 Å². The summed E-state index contributed by atoms with van der Waals surface area (Å²) >= 11 is 0. The van der Waals surface area contributed by atoms with Gasteiger partial charge in [-0.15, -0.1) is 0 Å². The third-order valence-corrected chi connectivity index (χ3v) is 3.98. The second kappa shape index (κ2) is 4.72. The number of rotatable bonds is 3. The maximum absolute atomic E-state index is 12.2. The molecule has 2 unspecified atom stereocenters. The summed E-state index contributed by atoms with van der Waals surface area (Å²) in [6, 6.07) is 7.46. The monoisotopic (exact) mass is 269 g/mol. The first-order valence-corrected chi connectivity index (χ1v) is 6.56. The van der Waals surface area contributed by atoms with Gasteiger partial charge in [0.1, 0.15) is 0 Å². The molecule has 0 radical (unpaired) electrons. The number of nitrogens with one attached hydrogen (secondary N) is 1. The fraction of sp³-hybridized carbons (Fsp3) is 0.250. The molecule has 1 aliphatic heterocycles. The predicted octanol–water partition coefficient (Wildman–Crippen LogP) is 1.11. The molecule has 1 saturated heterocycles. The molecule has 3 rings (SSSR count). The topological polar surface area (TPSA) is 66.4 Å². The average Bonchev–Trinajstić information content (AvgIpc) is 2.71. The van der Waals surface area contributed by atoms with Gasteiger partial charge >= 0.3 is 0 Å². The lowest BCUT2D eigenvalue weighted by Crippen LogP contribution is -2.35. The molecule has 4 heteroatoms. The van der Waals surface area contributed by atoms with Gasteiger partial charge in [-0.05, 0) is 17.5 Å². The molecule has 1 aromatic carbocycles. The van der Waals surface area contributed by atoms with Crippen LogP contribution < -0.4 is 5.32 Å². The number of carbonyl (C=O) groups excluding carboxylic acids is 2. The first-order valence-electron chi connectivity index (χ1n) is 6.56. The van der Waals surface area contributed by atoms with Crippen LogP contribution >= 0.6 is 0 Å². The number of carbonyl (C=O) groups is 2. The molecule has 2 N–H and O–H groups in total. The minimum atomic E-state index is -0.833. The number of hydrogen-bond donors (Lipinski definition) is 2. The fourth-order valence-corrected chi connectivity index (χ4v) is 2.95. The van der Waals surface area contributed by atoms with Gasteiger partial charge in [0.15, 0.2) is 0 Å². The normalized spacial score (nSPS) is 27.6. The van der Waals surface area contributed by atoms with Crippen LogP contribution in [0.2, 0.25) is 0 Å². The molecule has 2 atom stereocenters. The van der Waals surface area contributed by atoms with Gasteiger partial charge in [0.25, 0.3) is 0 Å². The minimum Gasteiger partial charge on any atom is -0.392 e. The Balaban J connectivity index is 1.98. The molecule has 20 heavy (non-hydrogen) atoms. The Bertz CT molecular complexity index is 632. The molecule has 0 aromatic heterocycles. The summed E-state index contributed by atoms with van der Waals surface area (Å²) in [5.41, 5.74) is 0.904. The smallest absolute Gasteiger partial charge is 0.238 e. The number of hydrogen-bond acceptors (Lipinski definition) is 3. The van der Waals surface area contributed by atoms with E-state index in [1.807, 2.05) is 36.4 Å². The number of aliphatic hydroxyl groups is 1. The van der Waals surface area contributed by atoms with E-state index in [0.29, 0.717) is 6.42 Å². The van der Waals surface area contributed by atoms with E-state index >= 15 is 0 Å². The number of allylic oxidation sites excluding steroid dienone is 2. The van der Waals surface area contributed by atoms with Crippen LogP contribution in [0.4, 0.5) is 0 Å². The first-order chi connectivity index (χ1) is 9.65. The lowest BCUT2D eigenvalue weighted by molar-refractivity contribution is -0.127. The number of fused-ring (bicyclic) bond motifs is 1. The molecular formula is C16H15NO3.